The lowest BCUT2D eigenvalue weighted by Crippen LogP contribution is -2.21. The normalized spacial score (nSPS) is 12.8. The largest absolute Gasteiger partial charge is 0.486 e. The number of benzene rings is 2. The molecule has 2 aromatic carbocycles. The van der Waals surface area contributed by atoms with E-state index in [-0.39, 0.29) is 17.9 Å². The Morgan fingerprint density at radius 3 is 2.67 bits per heavy atom. The van der Waals surface area contributed by atoms with E-state index in [2.05, 4.69) is 5.32 Å². The average Bonchev–Trinajstić information content (AvgIpc) is 2.63. The molecule has 6 nitrogen and oxygen atoms in total. The number of nitrogens with one attached hydrogen (secondary N) is 1. The molecule has 138 valence electrons. The van der Waals surface area contributed by atoms with Gasteiger partial charge in [0.25, 0.3) is 0 Å². The first kappa shape index (κ1) is 17.1. The number of anilines is 1. The highest BCUT2D eigenvalue weighted by molar-refractivity contribution is 5.92. The average molecular weight is 364 g/mol. The van der Waals surface area contributed by atoms with Crippen LogP contribution in [0.3, 0.4) is 0 Å². The van der Waals surface area contributed by atoms with Crippen molar-refractivity contribution in [2.45, 2.75) is 20.4 Å². The number of hydrogen-bond acceptors (Lipinski definition) is 4. The molecule has 0 aliphatic carbocycles. The van der Waals surface area contributed by atoms with Gasteiger partial charge in [-0.2, -0.15) is 0 Å². The molecule has 1 aromatic heterocycles. The van der Waals surface area contributed by atoms with Crippen LogP contribution in [0.4, 0.5) is 5.69 Å². The van der Waals surface area contributed by atoms with Gasteiger partial charge in [0, 0.05) is 29.4 Å². The maximum Gasteiger partial charge on any atom is 0.244 e. The number of carbonyl (C=O) groups excluding carboxylic acids is 1. The number of pyridine rings is 1. The number of aromatic nitrogens is 1. The Bertz CT molecular complexity index is 1100. The third kappa shape index (κ3) is 3.38. The molecule has 2 heterocycles. The van der Waals surface area contributed by atoms with Gasteiger partial charge >= 0.3 is 0 Å². The fourth-order valence-corrected chi connectivity index (χ4v) is 3.43. The number of hydrogen-bond donors (Lipinski definition) is 1. The Balaban J connectivity index is 1.60. The summed E-state index contributed by atoms with van der Waals surface area (Å²) in [7, 11) is 0. The fraction of sp³-hybridized carbons (Fsp3) is 0.238. The summed E-state index contributed by atoms with van der Waals surface area (Å²) in [4.78, 5) is 24.8. The van der Waals surface area contributed by atoms with Gasteiger partial charge in [-0.25, -0.2) is 0 Å². The number of rotatable bonds is 3. The Morgan fingerprint density at radius 2 is 1.85 bits per heavy atom. The first-order valence-electron chi connectivity index (χ1n) is 8.81. The van der Waals surface area contributed by atoms with Gasteiger partial charge in [-0.3, -0.25) is 9.59 Å². The summed E-state index contributed by atoms with van der Waals surface area (Å²) in [6, 6.07) is 10.7. The SMILES string of the molecule is Cc1cc(C)c2c(=O)ccn(CC(=O)Nc3ccc4c(c3)OCCO4)c2c1. The van der Waals surface area contributed by atoms with E-state index in [1.807, 2.05) is 26.0 Å². The van der Waals surface area contributed by atoms with Gasteiger partial charge in [0.1, 0.15) is 19.8 Å². The van der Waals surface area contributed by atoms with E-state index in [0.29, 0.717) is 35.8 Å². The zero-order valence-corrected chi connectivity index (χ0v) is 15.2. The lowest BCUT2D eigenvalue weighted by Gasteiger charge is -2.19. The van der Waals surface area contributed by atoms with Crippen molar-refractivity contribution < 1.29 is 14.3 Å². The Labute approximate surface area is 156 Å². The summed E-state index contributed by atoms with van der Waals surface area (Å²) in [5.74, 6) is 1.12. The zero-order valence-electron chi connectivity index (χ0n) is 15.2. The van der Waals surface area contributed by atoms with Crippen LogP contribution in [-0.4, -0.2) is 23.7 Å². The summed E-state index contributed by atoms with van der Waals surface area (Å²) >= 11 is 0. The number of fused-ring (bicyclic) bond motifs is 2. The molecule has 4 rings (SSSR count). The highest BCUT2D eigenvalue weighted by Gasteiger charge is 2.14. The van der Waals surface area contributed by atoms with Gasteiger partial charge in [0.15, 0.2) is 16.9 Å². The number of aryl methyl sites for hydroxylation is 2. The third-order valence-corrected chi connectivity index (χ3v) is 4.56. The fourth-order valence-electron chi connectivity index (χ4n) is 3.43. The van der Waals surface area contributed by atoms with E-state index in [0.717, 1.165) is 16.6 Å². The van der Waals surface area contributed by atoms with Crippen molar-refractivity contribution in [3.8, 4) is 11.5 Å². The van der Waals surface area contributed by atoms with Crippen molar-refractivity contribution in [1.82, 2.24) is 4.57 Å². The lowest BCUT2D eigenvalue weighted by atomic mass is 10.1. The smallest absolute Gasteiger partial charge is 0.244 e. The minimum absolute atomic E-state index is 0.0361. The molecule has 0 unspecified atom stereocenters. The van der Waals surface area contributed by atoms with Crippen LogP contribution < -0.4 is 20.2 Å². The van der Waals surface area contributed by atoms with Gasteiger partial charge in [-0.1, -0.05) is 6.07 Å². The molecule has 1 aliphatic rings. The number of carbonyl (C=O) groups is 1. The van der Waals surface area contributed by atoms with Crippen molar-refractivity contribution in [3.63, 3.8) is 0 Å². The molecule has 0 radical (unpaired) electrons. The van der Waals surface area contributed by atoms with Gasteiger partial charge < -0.3 is 19.4 Å². The van der Waals surface area contributed by atoms with Crippen LogP contribution in [0.1, 0.15) is 11.1 Å². The van der Waals surface area contributed by atoms with Crippen molar-refractivity contribution in [1.29, 1.82) is 0 Å². The highest BCUT2D eigenvalue weighted by atomic mass is 16.6. The second-order valence-corrected chi connectivity index (χ2v) is 6.69. The first-order chi connectivity index (χ1) is 13.0. The summed E-state index contributed by atoms with van der Waals surface area (Å²) in [6.07, 6.45) is 1.66. The van der Waals surface area contributed by atoms with E-state index in [1.54, 1.807) is 29.0 Å². The van der Waals surface area contributed by atoms with E-state index < -0.39 is 0 Å². The van der Waals surface area contributed by atoms with E-state index in [9.17, 15) is 9.59 Å². The van der Waals surface area contributed by atoms with Crippen LogP contribution in [0.25, 0.3) is 10.9 Å². The quantitative estimate of drug-likeness (QED) is 0.776. The molecule has 0 saturated heterocycles. The summed E-state index contributed by atoms with van der Waals surface area (Å²) in [5, 5.41) is 3.52. The molecule has 0 atom stereocenters. The summed E-state index contributed by atoms with van der Waals surface area (Å²) < 4.78 is 12.8. The number of nitrogens with zero attached hydrogens (tertiary/aromatic N) is 1. The molecule has 27 heavy (non-hydrogen) atoms. The summed E-state index contributed by atoms with van der Waals surface area (Å²) in [6.45, 7) is 5.01. The minimum atomic E-state index is -0.184. The zero-order chi connectivity index (χ0) is 19.0. The molecular formula is C21H20N2O4. The molecule has 3 aromatic rings. The minimum Gasteiger partial charge on any atom is -0.486 e. The second kappa shape index (κ2) is 6.79. The maximum absolute atomic E-state index is 12.6. The van der Waals surface area contributed by atoms with E-state index in [4.69, 9.17) is 9.47 Å². The van der Waals surface area contributed by atoms with Crippen molar-refractivity contribution in [2.75, 3.05) is 18.5 Å². The maximum atomic E-state index is 12.6. The molecule has 0 spiro atoms. The van der Waals surface area contributed by atoms with Crippen molar-refractivity contribution in [2.24, 2.45) is 0 Å². The van der Waals surface area contributed by atoms with Crippen LogP contribution in [0.2, 0.25) is 0 Å². The topological polar surface area (TPSA) is 69.6 Å². The molecule has 0 bridgehead atoms. The highest BCUT2D eigenvalue weighted by Crippen LogP contribution is 2.32. The Morgan fingerprint density at radius 1 is 1.07 bits per heavy atom. The van der Waals surface area contributed by atoms with Crippen LogP contribution in [0, 0.1) is 13.8 Å². The van der Waals surface area contributed by atoms with E-state index >= 15 is 0 Å². The molecule has 6 heteroatoms. The van der Waals surface area contributed by atoms with Gasteiger partial charge in [0.05, 0.1) is 5.52 Å². The van der Waals surface area contributed by atoms with Gasteiger partial charge in [-0.15, -0.1) is 0 Å². The molecule has 0 saturated carbocycles. The second-order valence-electron chi connectivity index (χ2n) is 6.69. The van der Waals surface area contributed by atoms with Gasteiger partial charge in [-0.05, 0) is 43.2 Å². The van der Waals surface area contributed by atoms with Crippen LogP contribution in [0.15, 0.2) is 47.4 Å². The van der Waals surface area contributed by atoms with Crippen LogP contribution in [0.5, 0.6) is 11.5 Å². The Kier molecular flexibility index (Phi) is 4.32. The lowest BCUT2D eigenvalue weighted by molar-refractivity contribution is -0.116. The molecule has 0 fully saturated rings. The number of amides is 1. The Hall–Kier alpha value is -3.28. The van der Waals surface area contributed by atoms with Crippen LogP contribution >= 0.6 is 0 Å². The number of ether oxygens (including phenoxy) is 2. The third-order valence-electron chi connectivity index (χ3n) is 4.56. The van der Waals surface area contributed by atoms with Crippen LogP contribution in [-0.2, 0) is 11.3 Å². The predicted octanol–water partition coefficient (Wildman–Crippen LogP) is 3.03. The predicted molar refractivity (Wildman–Crippen MR) is 104 cm³/mol. The van der Waals surface area contributed by atoms with E-state index in [1.165, 1.54) is 6.07 Å². The van der Waals surface area contributed by atoms with Gasteiger partial charge in [0.2, 0.25) is 5.91 Å². The first-order valence-corrected chi connectivity index (χ1v) is 8.81. The van der Waals surface area contributed by atoms with Crippen molar-refractivity contribution >= 4 is 22.5 Å². The standard InChI is InChI=1S/C21H20N2O4/c1-13-9-14(2)21-16(10-13)23(6-5-17(21)24)12-20(25)22-15-3-4-18-19(11-15)27-8-7-26-18/h3-6,9-11H,7-8,12H2,1-2H3,(H,22,25). The molecular weight excluding hydrogens is 344 g/mol. The molecule has 1 aliphatic heterocycles. The monoisotopic (exact) mass is 364 g/mol. The van der Waals surface area contributed by atoms with Crippen molar-refractivity contribution in [3.05, 3.63) is 63.9 Å². The molecule has 1 N–H and O–H groups in total. The summed E-state index contributed by atoms with van der Waals surface area (Å²) in [5.41, 5.74) is 3.33. The molecule has 1 amide bonds.